The van der Waals surface area contributed by atoms with Gasteiger partial charge in [-0.1, -0.05) is 0 Å². The minimum atomic E-state index is -1.92. The van der Waals surface area contributed by atoms with Crippen molar-refractivity contribution in [1.82, 2.24) is 0 Å². The fourth-order valence-electron chi connectivity index (χ4n) is 1.00. The molecular weight excluding hydrogens is 377 g/mol. The summed E-state index contributed by atoms with van der Waals surface area (Å²) in [5.74, 6) is -1.53. The standard InChI is InChI=1S/C6H10O7.Na.3H2O.Sb/c7-1-2(8)3(9)4(10)5(11)6(12)13;;;;;/h2-5,7,10-11H,1H2,(H,12,13);;3*1H2;/q-2;+1;;;;+2. The van der Waals surface area contributed by atoms with Gasteiger partial charge in [-0.05, 0) is 0 Å². The largest absolute Gasteiger partial charge is 1.00 e. The van der Waals surface area contributed by atoms with E-state index in [1.807, 2.05) is 0 Å². The van der Waals surface area contributed by atoms with Crippen LogP contribution in [0.1, 0.15) is 0 Å². The Bertz CT molecular complexity index is 219. The number of hydrogen-bond donors (Lipinski definition) is 4. The molecule has 1 aliphatic rings. The molecule has 4 unspecified atom stereocenters. The average Bonchev–Trinajstić information content (AvgIpc) is 2.62. The van der Waals surface area contributed by atoms with Gasteiger partial charge in [0.2, 0.25) is 0 Å². The Morgan fingerprint density at radius 2 is 1.72 bits per heavy atom. The van der Waals surface area contributed by atoms with Crippen molar-refractivity contribution in [3.8, 4) is 0 Å². The zero-order valence-electron chi connectivity index (χ0n) is 9.48. The molecule has 0 amide bonds. The molecule has 1 fully saturated rings. The first-order chi connectivity index (χ1) is 6.57. The summed E-state index contributed by atoms with van der Waals surface area (Å²) in [4.78, 5) is 10.3. The zero-order chi connectivity index (χ0) is 10.7. The van der Waals surface area contributed by atoms with Crippen LogP contribution in [0, 0.1) is 0 Å². The van der Waals surface area contributed by atoms with Gasteiger partial charge < -0.3 is 16.4 Å². The molecule has 10 N–H and O–H groups in total. The summed E-state index contributed by atoms with van der Waals surface area (Å²) in [5, 5.41) is 35.6. The van der Waals surface area contributed by atoms with Crippen molar-refractivity contribution in [3.63, 3.8) is 0 Å². The quantitative estimate of drug-likeness (QED) is 0.338. The molecule has 1 radical (unpaired) electrons. The Kier molecular flexibility index (Phi) is 19.7. The average molecular weight is 393 g/mol. The zero-order valence-corrected chi connectivity index (χ0v) is 14.0. The molecule has 0 aromatic carbocycles. The maximum absolute atomic E-state index is 10.3. The number of hydrogen-bond acceptors (Lipinski definition) is 6. The number of aliphatic hydroxyl groups is 3. The van der Waals surface area contributed by atoms with E-state index in [9.17, 15) is 9.90 Å². The summed E-state index contributed by atoms with van der Waals surface area (Å²) in [5.41, 5.74) is 0. The van der Waals surface area contributed by atoms with Gasteiger partial charge in [0.05, 0.1) is 0 Å². The first kappa shape index (κ1) is 27.3. The van der Waals surface area contributed by atoms with Crippen molar-refractivity contribution in [2.24, 2.45) is 0 Å². The fraction of sp³-hybridized carbons (Fsp3) is 0.833. The van der Waals surface area contributed by atoms with Crippen LogP contribution >= 0.6 is 0 Å². The Hall–Kier alpha value is 0.968. The third-order valence-electron chi connectivity index (χ3n) is 1.80. The van der Waals surface area contributed by atoms with Crippen LogP contribution in [0.4, 0.5) is 0 Å². The second-order valence-electron chi connectivity index (χ2n) is 2.74. The number of carboxylic acid groups (broad SMARTS) is 1. The Labute approximate surface area is 136 Å². The normalized spacial score (nSPS) is 24.4. The molecule has 18 heavy (non-hydrogen) atoms. The van der Waals surface area contributed by atoms with Gasteiger partial charge in [0.25, 0.3) is 0 Å². The number of rotatable bonds is 4. The maximum atomic E-state index is 10.3. The minimum absolute atomic E-state index is 0. The third kappa shape index (κ3) is 6.94. The number of carbonyl (C=O) groups is 1. The molecule has 105 valence electrons. The van der Waals surface area contributed by atoms with E-state index in [-0.39, 0.29) is 52.6 Å². The van der Waals surface area contributed by atoms with Gasteiger partial charge in [-0.25, -0.2) is 0 Å². The van der Waals surface area contributed by atoms with Crippen LogP contribution in [-0.2, 0) is 10.8 Å². The second kappa shape index (κ2) is 13.0. The Morgan fingerprint density at radius 3 is 2.11 bits per heavy atom. The Balaban J connectivity index is -0.000000245. The van der Waals surface area contributed by atoms with Crippen LogP contribution in [0.15, 0.2) is 0 Å². The van der Waals surface area contributed by atoms with E-state index >= 15 is 0 Å². The smallest absolute Gasteiger partial charge is 1.00 e. The van der Waals surface area contributed by atoms with Crippen molar-refractivity contribution in [2.45, 2.75) is 24.4 Å². The molecule has 12 heteroatoms. The predicted molar refractivity (Wildman–Crippen MR) is 53.1 cm³/mol. The molecule has 1 rings (SSSR count). The predicted octanol–water partition coefficient (Wildman–Crippen LogP) is -8.37. The molecule has 1 heterocycles. The van der Waals surface area contributed by atoms with Crippen molar-refractivity contribution < 1.29 is 77.2 Å². The summed E-state index contributed by atoms with van der Waals surface area (Å²) >= 11 is -1.38. The van der Waals surface area contributed by atoms with E-state index in [0.717, 1.165) is 0 Å². The fourth-order valence-corrected chi connectivity index (χ4v) is 3.02. The van der Waals surface area contributed by atoms with Gasteiger partial charge in [0, 0.05) is 0 Å². The molecular formula is C6H16NaO10Sb+. The first-order valence-corrected chi connectivity index (χ1v) is 5.88. The van der Waals surface area contributed by atoms with Gasteiger partial charge in [-0.15, -0.1) is 0 Å². The number of aliphatic hydroxyl groups excluding tert-OH is 3. The van der Waals surface area contributed by atoms with E-state index in [1.165, 1.54) is 0 Å². The van der Waals surface area contributed by atoms with Crippen LogP contribution in [0.25, 0.3) is 0 Å². The Morgan fingerprint density at radius 1 is 1.22 bits per heavy atom. The van der Waals surface area contributed by atoms with Crippen molar-refractivity contribution in [2.75, 3.05) is 6.61 Å². The molecule has 4 atom stereocenters. The van der Waals surface area contributed by atoms with Crippen LogP contribution in [0.5, 0.6) is 0 Å². The van der Waals surface area contributed by atoms with Gasteiger partial charge in [0.15, 0.2) is 0 Å². The van der Waals surface area contributed by atoms with Crippen LogP contribution in [-0.4, -0.2) is 96.3 Å². The number of aliphatic carboxylic acids is 1. The summed E-state index contributed by atoms with van der Waals surface area (Å²) < 4.78 is 9.96. The van der Waals surface area contributed by atoms with Crippen LogP contribution in [0.3, 0.4) is 0 Å². The molecule has 0 saturated carbocycles. The van der Waals surface area contributed by atoms with Crippen LogP contribution in [0.2, 0.25) is 0 Å². The number of carboxylic acids is 1. The second-order valence-corrected chi connectivity index (χ2v) is 4.37. The van der Waals surface area contributed by atoms with Crippen LogP contribution < -0.4 is 29.6 Å². The molecule has 0 bridgehead atoms. The monoisotopic (exact) mass is 392 g/mol. The summed E-state index contributed by atoms with van der Waals surface area (Å²) in [7, 11) is 0. The molecule has 0 aromatic heterocycles. The van der Waals surface area contributed by atoms with Gasteiger partial charge in [-0.3, -0.25) is 0 Å². The summed E-state index contributed by atoms with van der Waals surface area (Å²) in [6, 6.07) is 0. The topological polar surface area (TPSA) is 211 Å². The molecule has 1 saturated heterocycles. The van der Waals surface area contributed by atoms with Crippen molar-refractivity contribution in [3.05, 3.63) is 0 Å². The summed E-state index contributed by atoms with van der Waals surface area (Å²) in [6.07, 6.45) is -5.20. The minimum Gasteiger partial charge on any atom is 1.00 e. The van der Waals surface area contributed by atoms with Crippen molar-refractivity contribution >= 4 is 28.4 Å². The SMILES string of the molecule is O.O.O.O=C(O)C(O)C(O)C1[O][Sb][O]C1CO.[Na+]. The summed E-state index contributed by atoms with van der Waals surface area (Å²) in [6.45, 7) is -0.371. The first-order valence-electron chi connectivity index (χ1n) is 3.79. The molecule has 10 nitrogen and oxygen atoms in total. The van der Waals surface area contributed by atoms with Gasteiger partial charge >= 0.3 is 120 Å². The van der Waals surface area contributed by atoms with E-state index in [1.54, 1.807) is 0 Å². The van der Waals surface area contributed by atoms with Gasteiger partial charge in [-0.2, -0.15) is 0 Å². The molecule has 1 aliphatic heterocycles. The maximum Gasteiger partial charge on any atom is 1.00 e. The van der Waals surface area contributed by atoms with Gasteiger partial charge in [0.1, 0.15) is 0 Å². The van der Waals surface area contributed by atoms with E-state index < -0.39 is 52.8 Å². The van der Waals surface area contributed by atoms with E-state index in [4.69, 9.17) is 21.4 Å². The van der Waals surface area contributed by atoms with Crippen molar-refractivity contribution in [1.29, 1.82) is 0 Å². The van der Waals surface area contributed by atoms with E-state index in [2.05, 4.69) is 0 Å². The molecule has 0 spiro atoms. The molecule has 0 aliphatic carbocycles. The molecule has 0 aromatic rings. The third-order valence-corrected chi connectivity index (χ3v) is 3.76. The van der Waals surface area contributed by atoms with E-state index in [0.29, 0.717) is 0 Å².